The Balaban J connectivity index is 1.71. The van der Waals surface area contributed by atoms with Crippen LogP contribution in [0.1, 0.15) is 19.4 Å². The topological polar surface area (TPSA) is 50.8 Å². The molecule has 0 saturated carbocycles. The summed E-state index contributed by atoms with van der Waals surface area (Å²) in [6, 6.07) is 7.95. The molecule has 0 spiro atoms. The van der Waals surface area contributed by atoms with Gasteiger partial charge < -0.3 is 19.7 Å². The van der Waals surface area contributed by atoms with Crippen LogP contribution in [0.15, 0.2) is 24.3 Å². The molecule has 1 amide bonds. The van der Waals surface area contributed by atoms with Gasteiger partial charge in [0, 0.05) is 19.6 Å². The molecule has 0 aromatic heterocycles. The minimum Gasteiger partial charge on any atom is -0.491 e. The molecule has 2 rings (SSSR count). The fraction of sp³-hybridized carbons (Fsp3) is 0.562. The lowest BCUT2D eigenvalue weighted by atomic mass is 10.2. The van der Waals surface area contributed by atoms with E-state index in [1.54, 1.807) is 0 Å². The van der Waals surface area contributed by atoms with Crippen molar-refractivity contribution in [2.45, 2.75) is 26.5 Å². The zero-order valence-corrected chi connectivity index (χ0v) is 12.8. The molecule has 0 aliphatic carbocycles. The number of ether oxygens (including phenoxy) is 2. The third kappa shape index (κ3) is 5.36. The van der Waals surface area contributed by atoms with Crippen LogP contribution < -0.4 is 10.1 Å². The van der Waals surface area contributed by atoms with Crippen molar-refractivity contribution in [1.29, 1.82) is 0 Å². The molecule has 116 valence electrons. The highest BCUT2D eigenvalue weighted by Crippen LogP contribution is 2.13. The molecular weight excluding hydrogens is 268 g/mol. The van der Waals surface area contributed by atoms with Gasteiger partial charge in [0.25, 0.3) is 0 Å². The first-order valence-electron chi connectivity index (χ1n) is 7.47. The van der Waals surface area contributed by atoms with Crippen LogP contribution >= 0.6 is 0 Å². The van der Waals surface area contributed by atoms with Crippen LogP contribution in [0.3, 0.4) is 0 Å². The fourth-order valence-corrected chi connectivity index (χ4v) is 2.20. The Morgan fingerprint density at radius 2 is 1.95 bits per heavy atom. The molecule has 1 aromatic carbocycles. The minimum atomic E-state index is 0.137. The van der Waals surface area contributed by atoms with E-state index in [0.29, 0.717) is 39.4 Å². The second-order valence-corrected chi connectivity index (χ2v) is 5.41. The monoisotopic (exact) mass is 292 g/mol. The van der Waals surface area contributed by atoms with Gasteiger partial charge in [-0.05, 0) is 31.5 Å². The Labute approximate surface area is 126 Å². The number of morpholine rings is 1. The molecule has 1 saturated heterocycles. The number of nitrogens with zero attached hydrogens (tertiary/aromatic N) is 1. The number of amides is 1. The van der Waals surface area contributed by atoms with Crippen molar-refractivity contribution in [1.82, 2.24) is 10.2 Å². The highest BCUT2D eigenvalue weighted by Gasteiger charge is 2.15. The summed E-state index contributed by atoms with van der Waals surface area (Å²) in [5.41, 5.74) is 1.14. The molecule has 5 heteroatoms. The van der Waals surface area contributed by atoms with E-state index in [1.165, 1.54) is 0 Å². The smallest absolute Gasteiger partial charge is 0.236 e. The molecule has 1 fully saturated rings. The van der Waals surface area contributed by atoms with E-state index in [1.807, 2.05) is 43.0 Å². The Hall–Kier alpha value is -1.59. The highest BCUT2D eigenvalue weighted by molar-refractivity contribution is 5.78. The fourth-order valence-electron chi connectivity index (χ4n) is 2.20. The van der Waals surface area contributed by atoms with Crippen LogP contribution in [0.5, 0.6) is 5.75 Å². The van der Waals surface area contributed by atoms with Crippen molar-refractivity contribution < 1.29 is 14.3 Å². The predicted molar refractivity (Wildman–Crippen MR) is 81.3 cm³/mol. The summed E-state index contributed by atoms with van der Waals surface area (Å²) in [5, 5.41) is 3.19. The first-order valence-corrected chi connectivity index (χ1v) is 7.47. The number of hydrogen-bond acceptors (Lipinski definition) is 4. The number of rotatable bonds is 6. The van der Waals surface area contributed by atoms with Gasteiger partial charge in [-0.2, -0.15) is 0 Å². The summed E-state index contributed by atoms with van der Waals surface area (Å²) in [7, 11) is 0. The van der Waals surface area contributed by atoms with Crippen LogP contribution in [0.4, 0.5) is 0 Å². The lowest BCUT2D eigenvalue weighted by Gasteiger charge is -2.26. The summed E-state index contributed by atoms with van der Waals surface area (Å²) in [6.07, 6.45) is 0.181. The molecule has 5 nitrogen and oxygen atoms in total. The average Bonchev–Trinajstić information content (AvgIpc) is 2.49. The summed E-state index contributed by atoms with van der Waals surface area (Å²) in [5.74, 6) is 1.01. The van der Waals surface area contributed by atoms with Gasteiger partial charge in [-0.1, -0.05) is 12.1 Å². The normalized spacial score (nSPS) is 15.3. The summed E-state index contributed by atoms with van der Waals surface area (Å²) < 4.78 is 10.8. The molecule has 0 unspecified atom stereocenters. The van der Waals surface area contributed by atoms with Gasteiger partial charge in [-0.15, -0.1) is 0 Å². The largest absolute Gasteiger partial charge is 0.491 e. The lowest BCUT2D eigenvalue weighted by molar-refractivity contribution is -0.134. The third-order valence-corrected chi connectivity index (χ3v) is 3.26. The average molecular weight is 292 g/mol. The van der Waals surface area contributed by atoms with E-state index in [0.717, 1.165) is 11.3 Å². The van der Waals surface area contributed by atoms with Gasteiger partial charge in [0.15, 0.2) is 0 Å². The van der Waals surface area contributed by atoms with Crippen molar-refractivity contribution in [3.8, 4) is 5.75 Å². The van der Waals surface area contributed by atoms with E-state index in [9.17, 15) is 4.79 Å². The maximum Gasteiger partial charge on any atom is 0.236 e. The predicted octanol–water partition coefficient (Wildman–Crippen LogP) is 1.42. The highest BCUT2D eigenvalue weighted by atomic mass is 16.5. The van der Waals surface area contributed by atoms with Gasteiger partial charge in [0.2, 0.25) is 5.91 Å². The summed E-state index contributed by atoms with van der Waals surface area (Å²) in [4.78, 5) is 13.8. The molecule has 1 heterocycles. The van der Waals surface area contributed by atoms with Crippen molar-refractivity contribution >= 4 is 5.91 Å². The van der Waals surface area contributed by atoms with Gasteiger partial charge in [-0.3, -0.25) is 4.79 Å². The second kappa shape index (κ2) is 8.00. The van der Waals surface area contributed by atoms with Gasteiger partial charge in [0.05, 0.1) is 25.9 Å². The number of benzene rings is 1. The molecule has 1 N–H and O–H groups in total. The van der Waals surface area contributed by atoms with Crippen LogP contribution in [-0.4, -0.2) is 49.8 Å². The molecular formula is C16H24N2O3. The SMILES string of the molecule is CC(C)Oc1ccc(CNCC(=O)N2CCOCC2)cc1. The summed E-state index contributed by atoms with van der Waals surface area (Å²) >= 11 is 0. The van der Waals surface area contributed by atoms with Crippen molar-refractivity contribution in [3.05, 3.63) is 29.8 Å². The van der Waals surface area contributed by atoms with Gasteiger partial charge in [0.1, 0.15) is 5.75 Å². The number of nitrogens with one attached hydrogen (secondary N) is 1. The van der Waals surface area contributed by atoms with Crippen molar-refractivity contribution in [3.63, 3.8) is 0 Å². The zero-order valence-electron chi connectivity index (χ0n) is 12.8. The van der Waals surface area contributed by atoms with Gasteiger partial charge >= 0.3 is 0 Å². The maximum atomic E-state index is 12.0. The Kier molecular flexibility index (Phi) is 6.02. The maximum absolute atomic E-state index is 12.0. The molecule has 0 bridgehead atoms. The molecule has 0 radical (unpaired) electrons. The first kappa shape index (κ1) is 15.8. The zero-order chi connectivity index (χ0) is 15.1. The quantitative estimate of drug-likeness (QED) is 0.861. The molecule has 1 aliphatic heterocycles. The number of carbonyl (C=O) groups excluding carboxylic acids is 1. The van der Waals surface area contributed by atoms with Gasteiger partial charge in [-0.25, -0.2) is 0 Å². The lowest BCUT2D eigenvalue weighted by Crippen LogP contribution is -2.44. The first-order chi connectivity index (χ1) is 10.1. The van der Waals surface area contributed by atoms with E-state index in [-0.39, 0.29) is 12.0 Å². The van der Waals surface area contributed by atoms with Crippen LogP contribution in [-0.2, 0) is 16.1 Å². The second-order valence-electron chi connectivity index (χ2n) is 5.41. The summed E-state index contributed by atoms with van der Waals surface area (Å²) in [6.45, 7) is 7.73. The van der Waals surface area contributed by atoms with E-state index >= 15 is 0 Å². The van der Waals surface area contributed by atoms with Crippen LogP contribution in [0.25, 0.3) is 0 Å². The van der Waals surface area contributed by atoms with Crippen molar-refractivity contribution in [2.75, 3.05) is 32.8 Å². The molecule has 1 aliphatic rings. The Bertz CT molecular complexity index is 439. The van der Waals surface area contributed by atoms with E-state index in [2.05, 4.69) is 5.32 Å². The number of carbonyl (C=O) groups is 1. The molecule has 1 aromatic rings. The van der Waals surface area contributed by atoms with E-state index in [4.69, 9.17) is 9.47 Å². The third-order valence-electron chi connectivity index (χ3n) is 3.26. The number of hydrogen-bond donors (Lipinski definition) is 1. The van der Waals surface area contributed by atoms with Crippen molar-refractivity contribution in [2.24, 2.45) is 0 Å². The van der Waals surface area contributed by atoms with Crippen LogP contribution in [0, 0.1) is 0 Å². The standard InChI is InChI=1S/C16H24N2O3/c1-13(2)21-15-5-3-14(4-6-15)11-17-12-16(19)18-7-9-20-10-8-18/h3-6,13,17H,7-12H2,1-2H3. The Morgan fingerprint density at radius 3 is 2.57 bits per heavy atom. The Morgan fingerprint density at radius 1 is 1.29 bits per heavy atom. The minimum absolute atomic E-state index is 0.137. The van der Waals surface area contributed by atoms with Crippen LogP contribution in [0.2, 0.25) is 0 Å². The molecule has 21 heavy (non-hydrogen) atoms. The van der Waals surface area contributed by atoms with E-state index < -0.39 is 0 Å². The molecule has 0 atom stereocenters.